The Morgan fingerprint density at radius 3 is 2.56 bits per heavy atom. The van der Waals surface area contributed by atoms with Gasteiger partial charge in [-0.25, -0.2) is 9.48 Å². The fraction of sp³-hybridized carbons (Fsp3) is 0.353. The van der Waals surface area contributed by atoms with Gasteiger partial charge in [0.25, 0.3) is 0 Å². The third-order valence-electron chi connectivity index (χ3n) is 4.40. The standard InChI is InChI=1S/C17H17F3N4O3/c18-17(19,20)12-2-1-3-14(8-12)24-10-13(9-21-24)22-16(27)23-6-4-11(5-7-23)15(25)26/h1-3,8-11H,4-7H2,(H,22,27)(H,25,26). The van der Waals surface area contributed by atoms with Gasteiger partial charge in [-0.2, -0.15) is 18.3 Å². The van der Waals surface area contributed by atoms with Crippen molar-refractivity contribution in [3.05, 3.63) is 42.2 Å². The average molecular weight is 382 g/mol. The van der Waals surface area contributed by atoms with Gasteiger partial charge in [0, 0.05) is 13.1 Å². The highest BCUT2D eigenvalue weighted by atomic mass is 19.4. The molecule has 10 heteroatoms. The number of rotatable bonds is 3. The molecule has 3 rings (SSSR count). The van der Waals surface area contributed by atoms with E-state index in [-0.39, 0.29) is 5.69 Å². The number of carboxylic acids is 1. The Morgan fingerprint density at radius 2 is 1.93 bits per heavy atom. The molecule has 2 N–H and O–H groups in total. The highest BCUT2D eigenvalue weighted by Crippen LogP contribution is 2.30. The number of hydrogen-bond donors (Lipinski definition) is 2. The first-order valence-corrected chi connectivity index (χ1v) is 8.25. The van der Waals surface area contributed by atoms with Gasteiger partial charge in [0.15, 0.2) is 0 Å². The summed E-state index contributed by atoms with van der Waals surface area (Å²) in [5.74, 6) is -1.31. The lowest BCUT2D eigenvalue weighted by atomic mass is 9.97. The molecule has 27 heavy (non-hydrogen) atoms. The minimum Gasteiger partial charge on any atom is -0.481 e. The largest absolute Gasteiger partial charge is 0.481 e. The number of nitrogens with one attached hydrogen (secondary N) is 1. The number of halogens is 3. The third kappa shape index (κ3) is 4.39. The molecule has 7 nitrogen and oxygen atoms in total. The lowest BCUT2D eigenvalue weighted by Gasteiger charge is -2.29. The third-order valence-corrected chi connectivity index (χ3v) is 4.40. The van der Waals surface area contributed by atoms with Crippen molar-refractivity contribution in [3.63, 3.8) is 0 Å². The molecule has 0 aliphatic carbocycles. The summed E-state index contributed by atoms with van der Waals surface area (Å²) in [5.41, 5.74) is -0.243. The van der Waals surface area contributed by atoms with Crippen LogP contribution in [0.25, 0.3) is 5.69 Å². The van der Waals surface area contributed by atoms with Crippen molar-refractivity contribution in [2.45, 2.75) is 19.0 Å². The van der Waals surface area contributed by atoms with Gasteiger partial charge >= 0.3 is 18.2 Å². The van der Waals surface area contributed by atoms with Crippen LogP contribution in [0.1, 0.15) is 18.4 Å². The first kappa shape index (κ1) is 18.7. The summed E-state index contributed by atoms with van der Waals surface area (Å²) in [4.78, 5) is 24.7. The summed E-state index contributed by atoms with van der Waals surface area (Å²) in [7, 11) is 0. The maximum atomic E-state index is 12.8. The van der Waals surface area contributed by atoms with Crippen molar-refractivity contribution in [2.75, 3.05) is 18.4 Å². The van der Waals surface area contributed by atoms with E-state index in [1.54, 1.807) is 0 Å². The fourth-order valence-corrected chi connectivity index (χ4v) is 2.89. The molecular weight excluding hydrogens is 365 g/mol. The smallest absolute Gasteiger partial charge is 0.416 e. The van der Waals surface area contributed by atoms with Crippen LogP contribution in [-0.2, 0) is 11.0 Å². The molecule has 1 aromatic heterocycles. The lowest BCUT2D eigenvalue weighted by Crippen LogP contribution is -2.42. The molecule has 1 aromatic carbocycles. The maximum absolute atomic E-state index is 12.8. The highest BCUT2D eigenvalue weighted by molar-refractivity contribution is 5.89. The van der Waals surface area contributed by atoms with Gasteiger partial charge < -0.3 is 15.3 Å². The van der Waals surface area contributed by atoms with Gasteiger partial charge in [-0.05, 0) is 31.0 Å². The second kappa shape index (κ2) is 7.29. The second-order valence-electron chi connectivity index (χ2n) is 6.25. The van der Waals surface area contributed by atoms with Gasteiger partial charge in [-0.15, -0.1) is 0 Å². The van der Waals surface area contributed by atoms with Crippen LogP contribution in [-0.4, -0.2) is 44.9 Å². The molecule has 1 aliphatic rings. The molecule has 1 aliphatic heterocycles. The molecule has 2 amide bonds. The normalized spacial score (nSPS) is 15.6. The molecular formula is C17H17F3N4O3. The zero-order valence-electron chi connectivity index (χ0n) is 14.1. The molecule has 144 valence electrons. The summed E-state index contributed by atoms with van der Waals surface area (Å²) in [6, 6.07) is 4.29. The number of likely N-dealkylation sites (tertiary alicyclic amines) is 1. The topological polar surface area (TPSA) is 87.5 Å². The number of carbonyl (C=O) groups is 2. The van der Waals surface area contributed by atoms with Gasteiger partial charge in [0.05, 0.1) is 35.2 Å². The Kier molecular flexibility index (Phi) is 5.06. The van der Waals surface area contributed by atoms with E-state index in [1.807, 2.05) is 0 Å². The summed E-state index contributed by atoms with van der Waals surface area (Å²) in [6.45, 7) is 0.648. The quantitative estimate of drug-likeness (QED) is 0.853. The number of carboxylic acid groups (broad SMARTS) is 1. The van der Waals surface area contributed by atoms with Gasteiger partial charge in [0.1, 0.15) is 0 Å². The van der Waals surface area contributed by atoms with E-state index in [9.17, 15) is 22.8 Å². The fourth-order valence-electron chi connectivity index (χ4n) is 2.89. The number of aliphatic carboxylic acids is 1. The molecule has 0 bridgehead atoms. The van der Waals surface area contributed by atoms with Gasteiger partial charge in [-0.1, -0.05) is 6.07 Å². The van der Waals surface area contributed by atoms with Crippen molar-refractivity contribution < 1.29 is 27.9 Å². The zero-order chi connectivity index (χ0) is 19.6. The Labute approximate surface area is 152 Å². The van der Waals surface area contributed by atoms with Crippen molar-refractivity contribution in [3.8, 4) is 5.69 Å². The van der Waals surface area contributed by atoms with Crippen LogP contribution >= 0.6 is 0 Å². The van der Waals surface area contributed by atoms with Crippen LogP contribution in [0.15, 0.2) is 36.7 Å². The average Bonchev–Trinajstić information content (AvgIpc) is 3.09. The molecule has 0 radical (unpaired) electrons. The van der Waals surface area contributed by atoms with Crippen LogP contribution in [0, 0.1) is 5.92 Å². The van der Waals surface area contributed by atoms with Gasteiger partial charge in [-0.3, -0.25) is 4.79 Å². The molecule has 2 aromatic rings. The van der Waals surface area contributed by atoms with E-state index < -0.39 is 29.7 Å². The Morgan fingerprint density at radius 1 is 1.22 bits per heavy atom. The first-order valence-electron chi connectivity index (χ1n) is 8.25. The van der Waals surface area contributed by atoms with Crippen molar-refractivity contribution in [2.24, 2.45) is 5.92 Å². The summed E-state index contributed by atoms with van der Waals surface area (Å²) >= 11 is 0. The number of amides is 2. The van der Waals surface area contributed by atoms with E-state index in [0.29, 0.717) is 31.6 Å². The minimum absolute atomic E-state index is 0.215. The van der Waals surface area contributed by atoms with Gasteiger partial charge in [0.2, 0.25) is 0 Å². The van der Waals surface area contributed by atoms with E-state index in [4.69, 9.17) is 5.11 Å². The maximum Gasteiger partial charge on any atom is 0.416 e. The lowest BCUT2D eigenvalue weighted by molar-refractivity contribution is -0.143. The number of hydrogen-bond acceptors (Lipinski definition) is 3. The Bertz CT molecular complexity index is 842. The van der Waals surface area contributed by atoms with Crippen LogP contribution in [0.4, 0.5) is 23.7 Å². The Balaban J connectivity index is 1.65. The van der Waals surface area contributed by atoms with E-state index in [1.165, 1.54) is 34.1 Å². The number of anilines is 1. The van der Waals surface area contributed by atoms with Crippen LogP contribution < -0.4 is 5.32 Å². The summed E-state index contributed by atoms with van der Waals surface area (Å²) in [6.07, 6.45) is -0.944. The molecule has 1 fully saturated rings. The zero-order valence-corrected chi connectivity index (χ0v) is 14.1. The molecule has 0 saturated carbocycles. The number of nitrogens with zero attached hydrogens (tertiary/aromatic N) is 3. The second-order valence-corrected chi connectivity index (χ2v) is 6.25. The van der Waals surface area contributed by atoms with Crippen LogP contribution in [0.2, 0.25) is 0 Å². The van der Waals surface area contributed by atoms with Crippen molar-refractivity contribution in [1.82, 2.24) is 14.7 Å². The number of aromatic nitrogens is 2. The monoisotopic (exact) mass is 382 g/mol. The van der Waals surface area contributed by atoms with Crippen molar-refractivity contribution >= 4 is 17.7 Å². The number of benzene rings is 1. The van der Waals surface area contributed by atoms with E-state index in [2.05, 4.69) is 10.4 Å². The molecule has 1 saturated heterocycles. The van der Waals surface area contributed by atoms with Crippen molar-refractivity contribution in [1.29, 1.82) is 0 Å². The molecule has 0 atom stereocenters. The predicted molar refractivity (Wildman–Crippen MR) is 89.5 cm³/mol. The first-order chi connectivity index (χ1) is 12.7. The molecule has 0 spiro atoms. The SMILES string of the molecule is O=C(O)C1CCN(C(=O)Nc2cnn(-c3cccc(C(F)(F)F)c3)c2)CC1. The van der Waals surface area contributed by atoms with Crippen LogP contribution in [0.3, 0.4) is 0 Å². The predicted octanol–water partition coefficient (Wildman–Crippen LogP) is 3.22. The number of carbonyl (C=O) groups excluding carboxylic acids is 1. The van der Waals surface area contributed by atoms with E-state index in [0.717, 1.165) is 12.1 Å². The summed E-state index contributed by atoms with van der Waals surface area (Å²) < 4.78 is 39.7. The Hall–Kier alpha value is -3.04. The van der Waals surface area contributed by atoms with Crippen LogP contribution in [0.5, 0.6) is 0 Å². The molecule has 0 unspecified atom stereocenters. The number of piperidine rings is 1. The summed E-state index contributed by atoms with van der Waals surface area (Å²) in [5, 5.41) is 15.6. The van der Waals surface area contributed by atoms with E-state index >= 15 is 0 Å². The minimum atomic E-state index is -4.46. The number of urea groups is 1. The number of alkyl halides is 3. The highest BCUT2D eigenvalue weighted by Gasteiger charge is 2.30. The molecule has 2 heterocycles.